The minimum absolute atomic E-state index is 0.0815. The first kappa shape index (κ1) is 17.9. The van der Waals surface area contributed by atoms with Crippen LogP contribution < -0.4 is 5.32 Å². The van der Waals surface area contributed by atoms with E-state index >= 15 is 0 Å². The van der Waals surface area contributed by atoms with Gasteiger partial charge in [-0.05, 0) is 37.6 Å². The van der Waals surface area contributed by atoms with Gasteiger partial charge in [0.1, 0.15) is 5.01 Å². The molecule has 0 radical (unpaired) electrons. The van der Waals surface area contributed by atoms with Crippen molar-refractivity contribution in [1.82, 2.24) is 4.98 Å². The molecule has 1 N–H and O–H groups in total. The van der Waals surface area contributed by atoms with Gasteiger partial charge in [-0.2, -0.15) is 0 Å². The Hall–Kier alpha value is -1.88. The molecule has 3 aromatic rings. The van der Waals surface area contributed by atoms with Gasteiger partial charge in [0.05, 0.1) is 22.2 Å². The number of hydrogen-bond acceptors (Lipinski definition) is 3. The molecule has 25 heavy (non-hydrogen) atoms. The smallest absolute Gasteiger partial charge is 0.231 e. The zero-order valence-electron chi connectivity index (χ0n) is 13.8. The molecule has 1 amide bonds. The van der Waals surface area contributed by atoms with Crippen LogP contribution in [0.2, 0.25) is 10.0 Å². The molecule has 6 heteroatoms. The molecule has 0 aliphatic carbocycles. The van der Waals surface area contributed by atoms with Crippen molar-refractivity contribution in [3.05, 3.63) is 68.0 Å². The number of benzene rings is 2. The van der Waals surface area contributed by atoms with Gasteiger partial charge in [0.25, 0.3) is 0 Å². The summed E-state index contributed by atoms with van der Waals surface area (Å²) in [7, 11) is 0. The summed E-state index contributed by atoms with van der Waals surface area (Å²) >= 11 is 13.4. The molecule has 0 spiro atoms. The van der Waals surface area contributed by atoms with Crippen LogP contribution in [0.3, 0.4) is 0 Å². The molecule has 0 fully saturated rings. The van der Waals surface area contributed by atoms with E-state index < -0.39 is 0 Å². The van der Waals surface area contributed by atoms with Crippen LogP contribution in [0.15, 0.2) is 41.8 Å². The molecule has 0 aliphatic heterocycles. The first-order chi connectivity index (χ1) is 11.9. The molecule has 0 saturated carbocycles. The van der Waals surface area contributed by atoms with Crippen LogP contribution >= 0.6 is 34.5 Å². The first-order valence-corrected chi connectivity index (χ1v) is 9.33. The van der Waals surface area contributed by atoms with Gasteiger partial charge in [-0.3, -0.25) is 4.79 Å². The molecule has 0 aliphatic rings. The summed E-state index contributed by atoms with van der Waals surface area (Å²) in [5.41, 5.74) is 4.71. The number of carbonyl (C=O) groups is 1. The molecule has 0 atom stereocenters. The zero-order valence-corrected chi connectivity index (χ0v) is 16.1. The highest BCUT2D eigenvalue weighted by atomic mass is 35.5. The molecular formula is C19H16Cl2N2OS. The highest BCUT2D eigenvalue weighted by Gasteiger charge is 2.11. The monoisotopic (exact) mass is 390 g/mol. The minimum Gasteiger partial charge on any atom is -0.325 e. The molecule has 1 aromatic heterocycles. The van der Waals surface area contributed by atoms with E-state index in [-0.39, 0.29) is 12.3 Å². The molecule has 3 nitrogen and oxygen atoms in total. The largest absolute Gasteiger partial charge is 0.325 e. The third-order valence-electron chi connectivity index (χ3n) is 3.73. The number of anilines is 1. The van der Waals surface area contributed by atoms with Crippen LogP contribution in [-0.2, 0) is 11.2 Å². The number of amides is 1. The van der Waals surface area contributed by atoms with E-state index in [1.54, 1.807) is 12.1 Å². The predicted octanol–water partition coefficient (Wildman–Crippen LogP) is 5.91. The number of aryl methyl sites for hydroxylation is 2. The second-order valence-corrected chi connectivity index (χ2v) is 7.56. The number of rotatable bonds is 4. The van der Waals surface area contributed by atoms with Crippen molar-refractivity contribution in [2.75, 3.05) is 5.32 Å². The number of nitrogens with one attached hydrogen (secondary N) is 1. The van der Waals surface area contributed by atoms with Crippen LogP contribution in [0.25, 0.3) is 11.3 Å². The van der Waals surface area contributed by atoms with Crippen molar-refractivity contribution in [2.24, 2.45) is 0 Å². The molecule has 3 rings (SSSR count). The third-order valence-corrected chi connectivity index (χ3v) is 5.32. The van der Waals surface area contributed by atoms with Crippen LogP contribution in [0.1, 0.15) is 16.1 Å². The van der Waals surface area contributed by atoms with Gasteiger partial charge >= 0.3 is 0 Å². The summed E-state index contributed by atoms with van der Waals surface area (Å²) in [5.74, 6) is -0.0815. The highest BCUT2D eigenvalue weighted by molar-refractivity contribution is 7.10. The van der Waals surface area contributed by atoms with Crippen LogP contribution in [0, 0.1) is 13.8 Å². The van der Waals surface area contributed by atoms with E-state index in [4.69, 9.17) is 23.2 Å². The number of halogens is 2. The van der Waals surface area contributed by atoms with E-state index in [1.165, 1.54) is 16.9 Å². The minimum atomic E-state index is -0.0815. The molecule has 0 unspecified atom stereocenters. The van der Waals surface area contributed by atoms with Gasteiger partial charge in [-0.25, -0.2) is 4.98 Å². The van der Waals surface area contributed by atoms with E-state index in [2.05, 4.69) is 10.3 Å². The predicted molar refractivity (Wildman–Crippen MR) is 106 cm³/mol. The Labute approximate surface area is 160 Å². The Balaban J connectivity index is 1.70. The lowest BCUT2D eigenvalue weighted by Crippen LogP contribution is -2.15. The van der Waals surface area contributed by atoms with E-state index in [1.807, 2.05) is 43.5 Å². The molecular weight excluding hydrogens is 375 g/mol. The van der Waals surface area contributed by atoms with Crippen LogP contribution in [-0.4, -0.2) is 10.9 Å². The summed E-state index contributed by atoms with van der Waals surface area (Å²) < 4.78 is 0. The number of hydrogen-bond donors (Lipinski definition) is 1. The standard InChI is InChI=1S/C19H16Cl2N2OS/c1-11-3-6-16(12(2)7-11)22-18(24)9-19-23-17(10-25-19)13-4-5-14(20)15(21)8-13/h3-8,10H,9H2,1-2H3,(H,22,24). The van der Waals surface area contributed by atoms with Crippen molar-refractivity contribution in [3.63, 3.8) is 0 Å². The quantitative estimate of drug-likeness (QED) is 0.600. The lowest BCUT2D eigenvalue weighted by Gasteiger charge is -2.08. The lowest BCUT2D eigenvalue weighted by molar-refractivity contribution is -0.115. The van der Waals surface area contributed by atoms with Gasteiger partial charge in [-0.15, -0.1) is 11.3 Å². The fourth-order valence-electron chi connectivity index (χ4n) is 2.47. The summed E-state index contributed by atoms with van der Waals surface area (Å²) in [4.78, 5) is 16.8. The number of nitrogens with zero attached hydrogens (tertiary/aromatic N) is 1. The zero-order chi connectivity index (χ0) is 18.0. The Morgan fingerprint density at radius 3 is 2.64 bits per heavy atom. The number of carbonyl (C=O) groups excluding carboxylic acids is 1. The molecule has 1 heterocycles. The van der Waals surface area contributed by atoms with Gasteiger partial charge in [-0.1, -0.05) is 47.0 Å². The summed E-state index contributed by atoms with van der Waals surface area (Å²) in [6, 6.07) is 11.3. The molecule has 0 bridgehead atoms. The number of thiazole rings is 1. The molecule has 2 aromatic carbocycles. The average molecular weight is 391 g/mol. The van der Waals surface area contributed by atoms with Crippen molar-refractivity contribution < 1.29 is 4.79 Å². The van der Waals surface area contributed by atoms with E-state index in [0.29, 0.717) is 10.0 Å². The van der Waals surface area contributed by atoms with Crippen LogP contribution in [0.4, 0.5) is 5.69 Å². The summed E-state index contributed by atoms with van der Waals surface area (Å²) in [6.45, 7) is 4.01. The lowest BCUT2D eigenvalue weighted by atomic mass is 10.1. The maximum atomic E-state index is 12.3. The van der Waals surface area contributed by atoms with Gasteiger partial charge < -0.3 is 5.32 Å². The van der Waals surface area contributed by atoms with E-state index in [0.717, 1.165) is 27.5 Å². The fourth-order valence-corrected chi connectivity index (χ4v) is 3.57. The first-order valence-electron chi connectivity index (χ1n) is 7.69. The Kier molecular flexibility index (Phi) is 5.42. The maximum absolute atomic E-state index is 12.3. The summed E-state index contributed by atoms with van der Waals surface area (Å²) in [5, 5.41) is 6.61. The van der Waals surface area contributed by atoms with Crippen molar-refractivity contribution in [2.45, 2.75) is 20.3 Å². The van der Waals surface area contributed by atoms with E-state index in [9.17, 15) is 4.79 Å². The fraction of sp³-hybridized carbons (Fsp3) is 0.158. The Morgan fingerprint density at radius 2 is 1.92 bits per heavy atom. The molecule has 0 saturated heterocycles. The Morgan fingerprint density at radius 1 is 1.12 bits per heavy atom. The summed E-state index contributed by atoms with van der Waals surface area (Å²) in [6.07, 6.45) is 0.235. The average Bonchev–Trinajstić information content (AvgIpc) is 3.01. The van der Waals surface area contributed by atoms with Crippen molar-refractivity contribution in [3.8, 4) is 11.3 Å². The number of aromatic nitrogens is 1. The van der Waals surface area contributed by atoms with Crippen molar-refractivity contribution >= 4 is 46.1 Å². The SMILES string of the molecule is Cc1ccc(NC(=O)Cc2nc(-c3ccc(Cl)c(Cl)c3)cs2)c(C)c1. The molecule has 128 valence electrons. The third kappa shape index (κ3) is 4.40. The normalized spacial score (nSPS) is 10.7. The van der Waals surface area contributed by atoms with Crippen molar-refractivity contribution in [1.29, 1.82) is 0 Å². The maximum Gasteiger partial charge on any atom is 0.231 e. The van der Waals surface area contributed by atoms with Crippen LogP contribution in [0.5, 0.6) is 0 Å². The van der Waals surface area contributed by atoms with Gasteiger partial charge in [0.2, 0.25) is 5.91 Å². The van der Waals surface area contributed by atoms with Gasteiger partial charge in [0.15, 0.2) is 0 Å². The Bertz CT molecular complexity index is 937. The van der Waals surface area contributed by atoms with Gasteiger partial charge in [0, 0.05) is 16.6 Å². The second-order valence-electron chi connectivity index (χ2n) is 5.80. The topological polar surface area (TPSA) is 42.0 Å². The highest BCUT2D eigenvalue weighted by Crippen LogP contribution is 2.29. The second kappa shape index (κ2) is 7.56.